The molecule has 1 atom stereocenters. The number of hydrogen-bond acceptors (Lipinski definition) is 4. The zero-order chi connectivity index (χ0) is 12.8. The molecule has 0 amide bonds. The first kappa shape index (κ1) is 13.7. The highest BCUT2D eigenvalue weighted by Crippen LogP contribution is 2.21. The molecule has 1 heterocycles. The van der Waals surface area contributed by atoms with Crippen molar-refractivity contribution in [1.29, 1.82) is 0 Å². The first-order valence-corrected chi connectivity index (χ1v) is 8.60. The van der Waals surface area contributed by atoms with Crippen molar-refractivity contribution in [3.05, 3.63) is 35.9 Å². The van der Waals surface area contributed by atoms with Crippen LogP contribution in [0.15, 0.2) is 30.3 Å². The molecule has 18 heavy (non-hydrogen) atoms. The molecule has 0 aromatic heterocycles. The molecule has 2 rings (SSSR count). The van der Waals surface area contributed by atoms with Crippen LogP contribution >= 0.6 is 0 Å². The summed E-state index contributed by atoms with van der Waals surface area (Å²) in [4.78, 5) is 0. The van der Waals surface area contributed by atoms with Gasteiger partial charge in [-0.05, 0) is 18.5 Å². The topological polar surface area (TPSA) is 36.9 Å². The summed E-state index contributed by atoms with van der Waals surface area (Å²) in [5, 5.41) is 0. The zero-order valence-electron chi connectivity index (χ0n) is 10.9. The summed E-state index contributed by atoms with van der Waals surface area (Å²) in [5.74, 6) is -0.333. The van der Waals surface area contributed by atoms with Crippen molar-refractivity contribution >= 4 is 8.56 Å². The molecule has 100 valence electrons. The predicted octanol–water partition coefficient (Wildman–Crippen LogP) is 2.22. The molecule has 1 aromatic rings. The third kappa shape index (κ3) is 3.40. The highest BCUT2D eigenvalue weighted by molar-refractivity contribution is 6.66. The first-order chi connectivity index (χ1) is 8.74. The Labute approximate surface area is 109 Å². The van der Waals surface area contributed by atoms with Gasteiger partial charge >= 0.3 is 8.56 Å². The Morgan fingerprint density at radius 2 is 1.89 bits per heavy atom. The van der Waals surface area contributed by atoms with Gasteiger partial charge in [-0.15, -0.1) is 0 Å². The lowest BCUT2D eigenvalue weighted by molar-refractivity contribution is -0.155. The molecule has 0 spiro atoms. The van der Waals surface area contributed by atoms with E-state index in [-0.39, 0.29) is 5.91 Å². The van der Waals surface area contributed by atoms with Gasteiger partial charge in [-0.2, -0.15) is 0 Å². The molecule has 1 aliphatic rings. The molecule has 5 heteroatoms. The van der Waals surface area contributed by atoms with Crippen molar-refractivity contribution in [3.8, 4) is 0 Å². The Balaban J connectivity index is 1.94. The minimum atomic E-state index is -2.45. The summed E-state index contributed by atoms with van der Waals surface area (Å²) in [6.07, 6.45) is 0.934. The van der Waals surface area contributed by atoms with Crippen molar-refractivity contribution in [1.82, 2.24) is 0 Å². The van der Waals surface area contributed by atoms with Gasteiger partial charge in [0, 0.05) is 7.11 Å². The molecule has 4 nitrogen and oxygen atoms in total. The lowest BCUT2D eigenvalue weighted by atomic mass is 10.2. The van der Waals surface area contributed by atoms with E-state index in [1.807, 2.05) is 36.9 Å². The second kappa shape index (κ2) is 6.45. The van der Waals surface area contributed by atoms with Crippen LogP contribution in [0.25, 0.3) is 0 Å². The Hall–Kier alpha value is -0.723. The largest absolute Gasteiger partial charge is 0.395 e. The van der Waals surface area contributed by atoms with Crippen LogP contribution in [0.4, 0.5) is 0 Å². The van der Waals surface area contributed by atoms with Gasteiger partial charge in [-0.1, -0.05) is 30.3 Å². The molecule has 1 unspecified atom stereocenters. The van der Waals surface area contributed by atoms with Crippen molar-refractivity contribution in [2.75, 3.05) is 20.3 Å². The van der Waals surface area contributed by atoms with Crippen molar-refractivity contribution in [2.24, 2.45) is 0 Å². The normalized spacial score (nSPS) is 20.6. The van der Waals surface area contributed by atoms with Crippen LogP contribution in [0.1, 0.15) is 12.0 Å². The molecule has 1 fully saturated rings. The number of rotatable bonds is 5. The predicted molar refractivity (Wildman–Crippen MR) is 70.2 cm³/mol. The Bertz CT molecular complexity index is 353. The summed E-state index contributed by atoms with van der Waals surface area (Å²) in [6, 6.07) is 10.1. The van der Waals surface area contributed by atoms with Crippen molar-refractivity contribution in [3.63, 3.8) is 0 Å². The maximum absolute atomic E-state index is 5.97. The highest BCUT2D eigenvalue weighted by Gasteiger charge is 2.44. The van der Waals surface area contributed by atoms with E-state index in [0.717, 1.165) is 12.0 Å². The van der Waals surface area contributed by atoms with E-state index < -0.39 is 8.56 Å². The molecular formula is C13H20O4Si. The number of hydrogen-bond donors (Lipinski definition) is 0. The summed E-state index contributed by atoms with van der Waals surface area (Å²) < 4.78 is 22.8. The summed E-state index contributed by atoms with van der Waals surface area (Å²) in [6.45, 7) is 3.93. The van der Waals surface area contributed by atoms with Gasteiger partial charge in [0.25, 0.3) is 0 Å². The van der Waals surface area contributed by atoms with E-state index in [1.54, 1.807) is 7.11 Å². The minimum Gasteiger partial charge on any atom is -0.395 e. The van der Waals surface area contributed by atoms with Crippen LogP contribution < -0.4 is 0 Å². The number of ether oxygens (including phenoxy) is 2. The van der Waals surface area contributed by atoms with Gasteiger partial charge in [0.1, 0.15) is 0 Å². The fourth-order valence-electron chi connectivity index (χ4n) is 1.81. The molecule has 0 radical (unpaired) electrons. The van der Waals surface area contributed by atoms with Crippen LogP contribution in [0.3, 0.4) is 0 Å². The molecule has 0 saturated carbocycles. The standard InChI is InChI=1S/C13H20O4Si/c1-14-18(2,13-15-9-6-10-16-13)17-11-12-7-4-3-5-8-12/h3-5,7-8,13H,6,9-11H2,1-2H3. The molecule has 1 aromatic carbocycles. The average Bonchev–Trinajstić information content (AvgIpc) is 2.47. The van der Waals surface area contributed by atoms with Crippen molar-refractivity contribution in [2.45, 2.75) is 25.5 Å². The molecule has 1 aliphatic heterocycles. The Morgan fingerprint density at radius 3 is 2.50 bits per heavy atom. The number of benzene rings is 1. The maximum Gasteiger partial charge on any atom is 0.393 e. The lowest BCUT2D eigenvalue weighted by Crippen LogP contribution is -2.54. The molecule has 0 aliphatic carbocycles. The highest BCUT2D eigenvalue weighted by atomic mass is 28.4. The fourth-order valence-corrected chi connectivity index (χ4v) is 3.56. The van der Waals surface area contributed by atoms with E-state index >= 15 is 0 Å². The quantitative estimate of drug-likeness (QED) is 0.767. The van der Waals surface area contributed by atoms with Crippen LogP contribution in [0.5, 0.6) is 0 Å². The molecule has 0 bridgehead atoms. The summed E-state index contributed by atoms with van der Waals surface area (Å²) >= 11 is 0. The molecule has 1 saturated heterocycles. The van der Waals surface area contributed by atoms with Gasteiger partial charge in [0.05, 0.1) is 19.8 Å². The van der Waals surface area contributed by atoms with Crippen LogP contribution in [0.2, 0.25) is 6.55 Å². The smallest absolute Gasteiger partial charge is 0.393 e. The first-order valence-electron chi connectivity index (χ1n) is 6.21. The van der Waals surface area contributed by atoms with Crippen LogP contribution in [0, 0.1) is 0 Å². The monoisotopic (exact) mass is 268 g/mol. The second-order valence-corrected chi connectivity index (χ2v) is 7.62. The van der Waals surface area contributed by atoms with E-state index in [0.29, 0.717) is 19.8 Å². The third-order valence-electron chi connectivity index (χ3n) is 3.03. The summed E-state index contributed by atoms with van der Waals surface area (Å²) in [5.41, 5.74) is 1.13. The van der Waals surface area contributed by atoms with Gasteiger partial charge in [-0.25, -0.2) is 0 Å². The SMILES string of the molecule is CO[Si](C)(OCc1ccccc1)C1OCCCO1. The molecule has 0 N–H and O–H groups in total. The van der Waals surface area contributed by atoms with Crippen LogP contribution in [-0.2, 0) is 24.9 Å². The van der Waals surface area contributed by atoms with E-state index in [2.05, 4.69) is 0 Å². The second-order valence-electron chi connectivity index (χ2n) is 4.42. The van der Waals surface area contributed by atoms with Gasteiger partial charge in [0.2, 0.25) is 0 Å². The average molecular weight is 268 g/mol. The van der Waals surface area contributed by atoms with Gasteiger partial charge < -0.3 is 18.3 Å². The zero-order valence-corrected chi connectivity index (χ0v) is 11.9. The third-order valence-corrected chi connectivity index (χ3v) is 5.75. The van der Waals surface area contributed by atoms with E-state index in [4.69, 9.17) is 18.3 Å². The minimum absolute atomic E-state index is 0.333. The van der Waals surface area contributed by atoms with E-state index in [1.165, 1.54) is 0 Å². The fraction of sp³-hybridized carbons (Fsp3) is 0.538. The summed E-state index contributed by atoms with van der Waals surface area (Å²) in [7, 11) is -0.785. The van der Waals surface area contributed by atoms with Crippen molar-refractivity contribution < 1.29 is 18.3 Å². The van der Waals surface area contributed by atoms with Gasteiger partial charge in [-0.3, -0.25) is 0 Å². The lowest BCUT2D eigenvalue weighted by Gasteiger charge is -2.34. The molecular weight excluding hydrogens is 248 g/mol. The Morgan fingerprint density at radius 1 is 1.22 bits per heavy atom. The van der Waals surface area contributed by atoms with Crippen LogP contribution in [-0.4, -0.2) is 34.8 Å². The van der Waals surface area contributed by atoms with E-state index in [9.17, 15) is 0 Å². The maximum atomic E-state index is 5.97. The van der Waals surface area contributed by atoms with Gasteiger partial charge in [0.15, 0.2) is 5.91 Å². The Kier molecular flexibility index (Phi) is 4.91.